The normalized spacial score (nSPS) is 48.5. The minimum Gasteiger partial charge on any atom is -0.394 e. The van der Waals surface area contributed by atoms with Crippen LogP contribution in [0.15, 0.2) is 0 Å². The number of hydrogen-bond acceptors (Lipinski definition) is 11. The highest BCUT2D eigenvalue weighted by atomic mass is 16.6. The standard InChI is InChI=1S/C14H26O11/c15-1-5-9(17)13(21)11(19)7(24-5)3-23-4-8-12(20)14(22)10(18)6(2-16)25-8/h5-22H,1-4H2/t5?,6?,7-,8?,9-,10-,11?,12?,13?,14?/m0/s1. The van der Waals surface area contributed by atoms with Gasteiger partial charge in [-0.25, -0.2) is 0 Å². The van der Waals surface area contributed by atoms with Gasteiger partial charge in [0.25, 0.3) is 0 Å². The monoisotopic (exact) mass is 370 g/mol. The fraction of sp³-hybridized carbons (Fsp3) is 1.00. The molecular weight excluding hydrogens is 344 g/mol. The van der Waals surface area contributed by atoms with Gasteiger partial charge in [-0.15, -0.1) is 0 Å². The summed E-state index contributed by atoms with van der Waals surface area (Å²) in [6.45, 7) is -1.63. The SMILES string of the molecule is OCC1OC(COC[C@@H]2OC(CO)[C@H](O)C(O)C2O)C(O)C(O)[C@H]1O. The van der Waals surface area contributed by atoms with Crippen molar-refractivity contribution in [2.45, 2.75) is 61.0 Å². The van der Waals surface area contributed by atoms with E-state index in [1.807, 2.05) is 0 Å². The van der Waals surface area contributed by atoms with Crippen molar-refractivity contribution >= 4 is 0 Å². The molecule has 0 aromatic carbocycles. The van der Waals surface area contributed by atoms with Gasteiger partial charge in [0.15, 0.2) is 0 Å². The first kappa shape index (κ1) is 20.9. The Labute approximate surface area is 143 Å². The zero-order chi connectivity index (χ0) is 18.7. The van der Waals surface area contributed by atoms with Crippen molar-refractivity contribution in [3.05, 3.63) is 0 Å². The molecule has 2 saturated heterocycles. The fourth-order valence-electron chi connectivity index (χ4n) is 2.93. The molecule has 0 spiro atoms. The zero-order valence-electron chi connectivity index (χ0n) is 13.4. The zero-order valence-corrected chi connectivity index (χ0v) is 13.4. The molecular formula is C14H26O11. The molecule has 11 heteroatoms. The Morgan fingerprint density at radius 3 is 1.16 bits per heavy atom. The summed E-state index contributed by atoms with van der Waals surface area (Å²) in [5.74, 6) is 0. The van der Waals surface area contributed by atoms with Gasteiger partial charge in [0.1, 0.15) is 61.0 Å². The number of aliphatic hydroxyl groups is 8. The Hall–Kier alpha value is -0.440. The van der Waals surface area contributed by atoms with Gasteiger partial charge in [-0.3, -0.25) is 0 Å². The minimum atomic E-state index is -1.52. The molecule has 0 aromatic heterocycles. The number of rotatable bonds is 6. The lowest BCUT2D eigenvalue weighted by molar-refractivity contribution is -0.254. The molecule has 11 nitrogen and oxygen atoms in total. The molecule has 25 heavy (non-hydrogen) atoms. The Kier molecular flexibility index (Phi) is 7.49. The lowest BCUT2D eigenvalue weighted by Crippen LogP contribution is -2.61. The van der Waals surface area contributed by atoms with E-state index >= 15 is 0 Å². The molecule has 10 atom stereocenters. The minimum absolute atomic E-state index is 0.254. The van der Waals surface area contributed by atoms with Crippen molar-refractivity contribution < 1.29 is 55.1 Å². The van der Waals surface area contributed by atoms with Gasteiger partial charge in [-0.2, -0.15) is 0 Å². The first-order chi connectivity index (χ1) is 11.8. The van der Waals surface area contributed by atoms with E-state index in [0.717, 1.165) is 0 Å². The number of ether oxygens (including phenoxy) is 3. The van der Waals surface area contributed by atoms with E-state index in [1.54, 1.807) is 0 Å². The molecule has 0 aliphatic carbocycles. The van der Waals surface area contributed by atoms with Crippen molar-refractivity contribution in [3.8, 4) is 0 Å². The molecule has 2 heterocycles. The second-order valence-electron chi connectivity index (χ2n) is 6.27. The summed E-state index contributed by atoms with van der Waals surface area (Å²) in [7, 11) is 0. The van der Waals surface area contributed by atoms with Crippen molar-refractivity contribution in [3.63, 3.8) is 0 Å². The van der Waals surface area contributed by atoms with E-state index in [4.69, 9.17) is 24.4 Å². The summed E-state index contributed by atoms with van der Waals surface area (Å²) >= 11 is 0. The van der Waals surface area contributed by atoms with Crippen LogP contribution in [0.3, 0.4) is 0 Å². The highest BCUT2D eigenvalue weighted by Gasteiger charge is 2.45. The summed E-state index contributed by atoms with van der Waals surface area (Å²) < 4.78 is 15.8. The van der Waals surface area contributed by atoms with Crippen molar-refractivity contribution in [1.82, 2.24) is 0 Å². The predicted molar refractivity (Wildman–Crippen MR) is 78.4 cm³/mol. The van der Waals surface area contributed by atoms with Crippen LogP contribution in [0.1, 0.15) is 0 Å². The molecule has 2 aliphatic rings. The van der Waals surface area contributed by atoms with Gasteiger partial charge >= 0.3 is 0 Å². The number of aliphatic hydroxyl groups excluding tert-OH is 8. The highest BCUT2D eigenvalue weighted by molar-refractivity contribution is 4.93. The molecule has 8 N–H and O–H groups in total. The maximum absolute atomic E-state index is 9.88. The summed E-state index contributed by atoms with van der Waals surface area (Å²) in [6, 6.07) is 0. The largest absolute Gasteiger partial charge is 0.394 e. The van der Waals surface area contributed by atoms with Crippen LogP contribution in [0, 0.1) is 0 Å². The third-order valence-electron chi connectivity index (χ3n) is 4.55. The summed E-state index contributed by atoms with van der Waals surface area (Å²) in [5, 5.41) is 76.7. The Morgan fingerprint density at radius 2 is 0.840 bits per heavy atom. The molecule has 0 amide bonds. The van der Waals surface area contributed by atoms with Crippen LogP contribution < -0.4 is 0 Å². The van der Waals surface area contributed by atoms with Crippen LogP contribution in [-0.4, -0.2) is 128 Å². The smallest absolute Gasteiger partial charge is 0.111 e. The van der Waals surface area contributed by atoms with Gasteiger partial charge in [-0.05, 0) is 0 Å². The van der Waals surface area contributed by atoms with Crippen LogP contribution in [0.25, 0.3) is 0 Å². The maximum atomic E-state index is 9.88. The van der Waals surface area contributed by atoms with E-state index in [9.17, 15) is 30.6 Å². The highest BCUT2D eigenvalue weighted by Crippen LogP contribution is 2.23. The van der Waals surface area contributed by atoms with Gasteiger partial charge < -0.3 is 55.1 Å². The Morgan fingerprint density at radius 1 is 0.520 bits per heavy atom. The Bertz CT molecular complexity index is 370. The molecule has 0 saturated carbocycles. The van der Waals surface area contributed by atoms with E-state index in [-0.39, 0.29) is 13.2 Å². The lowest BCUT2D eigenvalue weighted by Gasteiger charge is -2.41. The van der Waals surface area contributed by atoms with Crippen molar-refractivity contribution in [1.29, 1.82) is 0 Å². The molecule has 2 fully saturated rings. The first-order valence-electron chi connectivity index (χ1n) is 8.00. The fourth-order valence-corrected chi connectivity index (χ4v) is 2.93. The van der Waals surface area contributed by atoms with E-state index in [1.165, 1.54) is 0 Å². The van der Waals surface area contributed by atoms with Gasteiger partial charge in [-0.1, -0.05) is 0 Å². The van der Waals surface area contributed by atoms with Crippen LogP contribution in [0.2, 0.25) is 0 Å². The van der Waals surface area contributed by atoms with E-state index < -0.39 is 74.3 Å². The van der Waals surface area contributed by atoms with Gasteiger partial charge in [0, 0.05) is 0 Å². The Balaban J connectivity index is 1.87. The van der Waals surface area contributed by atoms with E-state index in [0.29, 0.717) is 0 Å². The van der Waals surface area contributed by atoms with Crippen LogP contribution in [0.5, 0.6) is 0 Å². The topological polar surface area (TPSA) is 190 Å². The predicted octanol–water partition coefficient (Wildman–Crippen LogP) is -5.31. The van der Waals surface area contributed by atoms with Crippen molar-refractivity contribution in [2.75, 3.05) is 26.4 Å². The average Bonchev–Trinajstić information content (AvgIpc) is 2.61. The van der Waals surface area contributed by atoms with Crippen LogP contribution >= 0.6 is 0 Å². The summed E-state index contributed by atoms with van der Waals surface area (Å²) in [4.78, 5) is 0. The van der Waals surface area contributed by atoms with Crippen LogP contribution in [-0.2, 0) is 14.2 Å². The molecule has 0 radical (unpaired) electrons. The second kappa shape index (κ2) is 8.97. The van der Waals surface area contributed by atoms with Crippen LogP contribution in [0.4, 0.5) is 0 Å². The quantitative estimate of drug-likeness (QED) is 0.223. The maximum Gasteiger partial charge on any atom is 0.111 e. The van der Waals surface area contributed by atoms with E-state index in [2.05, 4.69) is 0 Å². The third-order valence-corrected chi connectivity index (χ3v) is 4.55. The van der Waals surface area contributed by atoms with Crippen molar-refractivity contribution in [2.24, 2.45) is 0 Å². The molecule has 2 aliphatic heterocycles. The van der Waals surface area contributed by atoms with Gasteiger partial charge in [0.2, 0.25) is 0 Å². The molecule has 0 aromatic rings. The lowest BCUT2D eigenvalue weighted by atomic mass is 9.95. The molecule has 148 valence electrons. The average molecular weight is 370 g/mol. The molecule has 0 bridgehead atoms. The number of hydrogen-bond donors (Lipinski definition) is 8. The summed E-state index contributed by atoms with van der Waals surface area (Å²) in [5.41, 5.74) is 0. The first-order valence-corrected chi connectivity index (χ1v) is 8.00. The molecule has 7 unspecified atom stereocenters. The molecule has 2 rings (SSSR count). The third kappa shape index (κ3) is 4.46. The summed E-state index contributed by atoms with van der Waals surface area (Å²) in [6.07, 6.45) is -13.1. The second-order valence-corrected chi connectivity index (χ2v) is 6.27. The van der Waals surface area contributed by atoms with Gasteiger partial charge in [0.05, 0.1) is 26.4 Å².